The van der Waals surface area contributed by atoms with Crippen molar-refractivity contribution in [1.82, 2.24) is 4.98 Å². The number of allylic oxidation sites excluding steroid dienone is 1. The van der Waals surface area contributed by atoms with Gasteiger partial charge in [-0.25, -0.2) is 0 Å². The van der Waals surface area contributed by atoms with Crippen molar-refractivity contribution in [2.24, 2.45) is 0 Å². The lowest BCUT2D eigenvalue weighted by atomic mass is 9.92. The van der Waals surface area contributed by atoms with E-state index in [1.54, 1.807) is 0 Å². The van der Waals surface area contributed by atoms with E-state index in [4.69, 9.17) is 4.98 Å². The molecule has 1 heterocycles. The van der Waals surface area contributed by atoms with Crippen LogP contribution in [0.2, 0.25) is 0 Å². The number of nitrogens with zero attached hydrogens (tertiary/aromatic N) is 1. The Bertz CT molecular complexity index is 842. The van der Waals surface area contributed by atoms with Crippen molar-refractivity contribution >= 4 is 17.0 Å². The molecule has 0 aliphatic heterocycles. The average molecular weight is 285 g/mol. The number of rotatable bonds is 3. The third-order valence-electron chi connectivity index (χ3n) is 4.32. The van der Waals surface area contributed by atoms with E-state index >= 15 is 0 Å². The first-order valence-corrected chi connectivity index (χ1v) is 7.99. The van der Waals surface area contributed by atoms with E-state index in [1.807, 2.05) is 0 Å². The molecule has 1 aliphatic carbocycles. The highest BCUT2D eigenvalue weighted by molar-refractivity contribution is 5.99. The summed E-state index contributed by atoms with van der Waals surface area (Å²) in [6.07, 6.45) is 6.90. The van der Waals surface area contributed by atoms with E-state index in [-0.39, 0.29) is 0 Å². The van der Waals surface area contributed by atoms with Gasteiger partial charge in [-0.1, -0.05) is 60.7 Å². The molecule has 3 aromatic rings. The molecule has 0 amide bonds. The summed E-state index contributed by atoms with van der Waals surface area (Å²) < 4.78 is 0. The quantitative estimate of drug-likeness (QED) is 0.591. The maximum atomic E-state index is 4.99. The van der Waals surface area contributed by atoms with Crippen LogP contribution in [-0.2, 0) is 0 Å². The highest BCUT2D eigenvalue weighted by atomic mass is 14.7. The SMILES string of the molecule is C/C=C/c1c(C2CC2)nc2ccccc2c1-c1ccccc1. The second kappa shape index (κ2) is 5.42. The lowest BCUT2D eigenvalue weighted by molar-refractivity contribution is 1.04. The first kappa shape index (κ1) is 13.3. The monoisotopic (exact) mass is 285 g/mol. The summed E-state index contributed by atoms with van der Waals surface area (Å²) in [5.74, 6) is 0.637. The van der Waals surface area contributed by atoms with Gasteiger partial charge in [0, 0.05) is 22.4 Å². The number of hydrogen-bond donors (Lipinski definition) is 0. The zero-order chi connectivity index (χ0) is 14.9. The minimum Gasteiger partial charge on any atom is -0.252 e. The molecular formula is C21H19N. The molecule has 0 N–H and O–H groups in total. The average Bonchev–Trinajstić information content (AvgIpc) is 3.40. The van der Waals surface area contributed by atoms with Crippen LogP contribution >= 0.6 is 0 Å². The minimum absolute atomic E-state index is 0.637. The lowest BCUT2D eigenvalue weighted by Crippen LogP contribution is -1.97. The molecule has 0 bridgehead atoms. The second-order valence-electron chi connectivity index (χ2n) is 5.94. The molecule has 0 radical (unpaired) electrons. The second-order valence-corrected chi connectivity index (χ2v) is 5.94. The number of para-hydroxylation sites is 1. The van der Waals surface area contributed by atoms with Crippen LogP contribution in [0.15, 0.2) is 60.7 Å². The Morgan fingerprint density at radius 1 is 0.955 bits per heavy atom. The van der Waals surface area contributed by atoms with Gasteiger partial charge in [-0.15, -0.1) is 0 Å². The number of fused-ring (bicyclic) bond motifs is 1. The van der Waals surface area contributed by atoms with Crippen molar-refractivity contribution in [3.63, 3.8) is 0 Å². The van der Waals surface area contributed by atoms with E-state index in [0.29, 0.717) is 5.92 Å². The molecule has 1 heteroatoms. The van der Waals surface area contributed by atoms with Gasteiger partial charge in [-0.2, -0.15) is 0 Å². The number of benzene rings is 2. The fraction of sp³-hybridized carbons (Fsp3) is 0.190. The first-order chi connectivity index (χ1) is 10.9. The van der Waals surface area contributed by atoms with Crippen LogP contribution in [-0.4, -0.2) is 4.98 Å². The molecule has 4 rings (SSSR count). The predicted octanol–water partition coefficient (Wildman–Crippen LogP) is 5.81. The molecular weight excluding hydrogens is 266 g/mol. The zero-order valence-corrected chi connectivity index (χ0v) is 12.8. The first-order valence-electron chi connectivity index (χ1n) is 7.99. The van der Waals surface area contributed by atoms with E-state index in [1.165, 1.54) is 40.6 Å². The Morgan fingerprint density at radius 2 is 1.68 bits per heavy atom. The van der Waals surface area contributed by atoms with Gasteiger partial charge >= 0.3 is 0 Å². The normalized spacial score (nSPS) is 14.8. The molecule has 1 aliphatic rings. The lowest BCUT2D eigenvalue weighted by Gasteiger charge is -2.15. The molecule has 1 fully saturated rings. The smallest absolute Gasteiger partial charge is 0.0712 e. The number of aromatic nitrogens is 1. The van der Waals surface area contributed by atoms with Gasteiger partial charge < -0.3 is 0 Å². The highest BCUT2D eigenvalue weighted by Crippen LogP contribution is 2.45. The van der Waals surface area contributed by atoms with Gasteiger partial charge in [0.1, 0.15) is 0 Å². The maximum Gasteiger partial charge on any atom is 0.0712 e. The van der Waals surface area contributed by atoms with Crippen LogP contribution in [0.5, 0.6) is 0 Å². The summed E-state index contributed by atoms with van der Waals surface area (Å²) in [6, 6.07) is 19.2. The standard InChI is InChI=1S/C21H19N/c1-2-8-18-20(15-9-4-3-5-10-15)17-11-6-7-12-19(17)22-21(18)16-13-14-16/h2-12,16H,13-14H2,1H3/b8-2+. The Balaban J connectivity index is 2.12. The van der Waals surface area contributed by atoms with Crippen molar-refractivity contribution in [2.75, 3.05) is 0 Å². The van der Waals surface area contributed by atoms with Gasteiger partial charge in [0.25, 0.3) is 0 Å². The summed E-state index contributed by atoms with van der Waals surface area (Å²) in [5.41, 5.74) is 6.28. The summed E-state index contributed by atoms with van der Waals surface area (Å²) >= 11 is 0. The molecule has 0 spiro atoms. The Hall–Kier alpha value is -2.41. The van der Waals surface area contributed by atoms with Crippen LogP contribution < -0.4 is 0 Å². The number of hydrogen-bond acceptors (Lipinski definition) is 1. The molecule has 1 aromatic heterocycles. The maximum absolute atomic E-state index is 4.99. The van der Waals surface area contributed by atoms with Crippen LogP contribution in [0.3, 0.4) is 0 Å². The van der Waals surface area contributed by atoms with E-state index in [0.717, 1.165) is 5.52 Å². The van der Waals surface area contributed by atoms with Crippen LogP contribution in [0, 0.1) is 0 Å². The Labute approximate surface area is 131 Å². The van der Waals surface area contributed by atoms with Crippen molar-refractivity contribution in [3.8, 4) is 11.1 Å². The molecule has 22 heavy (non-hydrogen) atoms. The van der Waals surface area contributed by atoms with Crippen molar-refractivity contribution in [1.29, 1.82) is 0 Å². The van der Waals surface area contributed by atoms with Crippen LogP contribution in [0.1, 0.15) is 36.9 Å². The summed E-state index contributed by atoms with van der Waals surface area (Å²) in [4.78, 5) is 4.99. The molecule has 2 aromatic carbocycles. The fourth-order valence-corrected chi connectivity index (χ4v) is 3.16. The van der Waals surface area contributed by atoms with Crippen molar-refractivity contribution < 1.29 is 0 Å². The van der Waals surface area contributed by atoms with Gasteiger partial charge in [-0.3, -0.25) is 4.98 Å². The minimum atomic E-state index is 0.637. The van der Waals surface area contributed by atoms with Gasteiger partial charge in [0.15, 0.2) is 0 Å². The fourth-order valence-electron chi connectivity index (χ4n) is 3.16. The van der Waals surface area contributed by atoms with Crippen molar-refractivity contribution in [2.45, 2.75) is 25.7 Å². The third kappa shape index (κ3) is 2.23. The summed E-state index contributed by atoms with van der Waals surface area (Å²) in [6.45, 7) is 2.08. The van der Waals surface area contributed by atoms with Gasteiger partial charge in [0.05, 0.1) is 11.2 Å². The largest absolute Gasteiger partial charge is 0.252 e. The van der Waals surface area contributed by atoms with Crippen LogP contribution in [0.4, 0.5) is 0 Å². The summed E-state index contributed by atoms with van der Waals surface area (Å²) in [5, 5.41) is 1.24. The third-order valence-corrected chi connectivity index (χ3v) is 4.32. The highest BCUT2D eigenvalue weighted by Gasteiger charge is 2.29. The summed E-state index contributed by atoms with van der Waals surface area (Å²) in [7, 11) is 0. The molecule has 0 atom stereocenters. The molecule has 108 valence electrons. The predicted molar refractivity (Wildman–Crippen MR) is 93.9 cm³/mol. The number of pyridine rings is 1. The zero-order valence-electron chi connectivity index (χ0n) is 12.8. The topological polar surface area (TPSA) is 12.9 Å². The van der Waals surface area contributed by atoms with Gasteiger partial charge in [-0.05, 0) is 31.4 Å². The van der Waals surface area contributed by atoms with E-state index in [2.05, 4.69) is 73.7 Å². The molecule has 0 unspecified atom stereocenters. The van der Waals surface area contributed by atoms with E-state index < -0.39 is 0 Å². The molecule has 1 saturated carbocycles. The Kier molecular flexibility index (Phi) is 3.27. The molecule has 0 saturated heterocycles. The Morgan fingerprint density at radius 3 is 2.41 bits per heavy atom. The van der Waals surface area contributed by atoms with Crippen LogP contribution in [0.25, 0.3) is 28.1 Å². The molecule has 1 nitrogen and oxygen atoms in total. The van der Waals surface area contributed by atoms with Crippen molar-refractivity contribution in [3.05, 3.63) is 71.9 Å². The van der Waals surface area contributed by atoms with Gasteiger partial charge in [0.2, 0.25) is 0 Å². The van der Waals surface area contributed by atoms with E-state index in [9.17, 15) is 0 Å².